The number of ether oxygens (including phenoxy) is 2. The molecule has 0 aliphatic rings. The van der Waals surface area contributed by atoms with E-state index < -0.39 is 0 Å². The SMILES string of the molecule is CCOc1ccc(-n2c(SCC(=O)N/N=C\c3ccc(O)c(OCC)c3)nnc2-c2ccc(Cl)cc2)cc1. The second-order valence-corrected chi connectivity index (χ2v) is 9.20. The first-order chi connectivity index (χ1) is 18.5. The first-order valence-electron chi connectivity index (χ1n) is 11.8. The summed E-state index contributed by atoms with van der Waals surface area (Å²) in [7, 11) is 0. The van der Waals surface area contributed by atoms with Gasteiger partial charge in [-0.2, -0.15) is 5.10 Å². The number of aromatic hydroxyl groups is 1. The molecule has 4 aromatic rings. The lowest BCUT2D eigenvalue weighted by Gasteiger charge is -2.11. The molecule has 0 spiro atoms. The Morgan fingerprint density at radius 2 is 1.79 bits per heavy atom. The van der Waals surface area contributed by atoms with E-state index in [1.807, 2.05) is 54.8 Å². The number of rotatable bonds is 11. The van der Waals surface area contributed by atoms with Crippen LogP contribution in [0.4, 0.5) is 0 Å². The Morgan fingerprint density at radius 3 is 2.50 bits per heavy atom. The molecule has 196 valence electrons. The summed E-state index contributed by atoms with van der Waals surface area (Å²) in [6.07, 6.45) is 1.48. The van der Waals surface area contributed by atoms with Crippen LogP contribution in [0.2, 0.25) is 5.02 Å². The molecule has 0 atom stereocenters. The summed E-state index contributed by atoms with van der Waals surface area (Å²) in [5, 5.41) is 23.7. The molecule has 9 nitrogen and oxygen atoms in total. The van der Waals surface area contributed by atoms with Gasteiger partial charge >= 0.3 is 0 Å². The fourth-order valence-electron chi connectivity index (χ4n) is 3.46. The van der Waals surface area contributed by atoms with Gasteiger partial charge in [-0.25, -0.2) is 5.43 Å². The number of carbonyl (C=O) groups is 1. The minimum absolute atomic E-state index is 0.0408. The number of phenols is 1. The number of nitrogens with one attached hydrogen (secondary N) is 1. The average Bonchev–Trinajstić information content (AvgIpc) is 3.34. The molecule has 1 aromatic heterocycles. The number of aromatic nitrogens is 3. The summed E-state index contributed by atoms with van der Waals surface area (Å²) < 4.78 is 12.8. The molecule has 0 aliphatic heterocycles. The van der Waals surface area contributed by atoms with Crippen molar-refractivity contribution in [1.82, 2.24) is 20.2 Å². The van der Waals surface area contributed by atoms with Crippen molar-refractivity contribution in [2.75, 3.05) is 19.0 Å². The topological polar surface area (TPSA) is 111 Å². The third-order valence-corrected chi connectivity index (χ3v) is 6.34. The number of hydrazone groups is 1. The molecule has 1 amide bonds. The van der Waals surface area contributed by atoms with Crippen molar-refractivity contribution < 1.29 is 19.4 Å². The molecule has 0 aliphatic carbocycles. The van der Waals surface area contributed by atoms with E-state index in [1.54, 1.807) is 24.3 Å². The highest BCUT2D eigenvalue weighted by Crippen LogP contribution is 2.30. The van der Waals surface area contributed by atoms with Gasteiger partial charge in [0.05, 0.1) is 25.2 Å². The summed E-state index contributed by atoms with van der Waals surface area (Å²) in [6, 6.07) is 19.7. The number of hydrogen-bond acceptors (Lipinski definition) is 8. The Kier molecular flexibility index (Phi) is 9.23. The average molecular weight is 552 g/mol. The molecule has 2 N–H and O–H groups in total. The standard InChI is InChI=1S/C27H26ClN5O4S/c1-3-36-22-12-10-21(11-13-22)33-26(19-6-8-20(28)9-7-19)31-32-27(33)38-17-25(35)30-29-16-18-5-14-23(34)24(15-18)37-4-2/h5-16,34H,3-4,17H2,1-2H3,(H,30,35)/b29-16-. The molecule has 0 fully saturated rings. The van der Waals surface area contributed by atoms with Crippen molar-refractivity contribution in [3.8, 4) is 34.3 Å². The highest BCUT2D eigenvalue weighted by Gasteiger charge is 2.17. The van der Waals surface area contributed by atoms with Gasteiger partial charge in [0.2, 0.25) is 0 Å². The zero-order chi connectivity index (χ0) is 26.9. The van der Waals surface area contributed by atoms with E-state index in [0.717, 1.165) is 17.0 Å². The molecular weight excluding hydrogens is 526 g/mol. The maximum Gasteiger partial charge on any atom is 0.250 e. The highest BCUT2D eigenvalue weighted by atomic mass is 35.5. The van der Waals surface area contributed by atoms with Crippen molar-refractivity contribution >= 4 is 35.5 Å². The van der Waals surface area contributed by atoms with Crippen LogP contribution in [-0.2, 0) is 4.79 Å². The number of carbonyl (C=O) groups excluding carboxylic acids is 1. The molecule has 3 aromatic carbocycles. The van der Waals surface area contributed by atoms with E-state index in [-0.39, 0.29) is 17.4 Å². The molecule has 0 saturated carbocycles. The fraction of sp³-hybridized carbons (Fsp3) is 0.185. The van der Waals surface area contributed by atoms with E-state index in [0.29, 0.717) is 40.5 Å². The number of nitrogens with zero attached hydrogens (tertiary/aromatic N) is 4. The monoisotopic (exact) mass is 551 g/mol. The van der Waals surface area contributed by atoms with Crippen molar-refractivity contribution in [3.05, 3.63) is 77.3 Å². The Balaban J connectivity index is 1.49. The van der Waals surface area contributed by atoms with Crippen LogP contribution in [0, 0.1) is 0 Å². The van der Waals surface area contributed by atoms with Gasteiger partial charge in [-0.15, -0.1) is 10.2 Å². The van der Waals surface area contributed by atoms with E-state index in [4.69, 9.17) is 21.1 Å². The minimum Gasteiger partial charge on any atom is -0.504 e. The molecule has 1 heterocycles. The molecular formula is C27H26ClN5O4S. The van der Waals surface area contributed by atoms with Crippen LogP contribution in [0.15, 0.2) is 77.0 Å². The summed E-state index contributed by atoms with van der Waals surface area (Å²) in [4.78, 5) is 12.5. The van der Waals surface area contributed by atoms with Crippen molar-refractivity contribution in [2.45, 2.75) is 19.0 Å². The molecule has 0 unspecified atom stereocenters. The van der Waals surface area contributed by atoms with Gasteiger partial charge in [0.15, 0.2) is 22.5 Å². The summed E-state index contributed by atoms with van der Waals surface area (Å²) in [6.45, 7) is 4.75. The first kappa shape index (κ1) is 27.0. The number of hydrogen-bond donors (Lipinski definition) is 2. The zero-order valence-electron chi connectivity index (χ0n) is 20.8. The fourth-order valence-corrected chi connectivity index (χ4v) is 4.33. The van der Waals surface area contributed by atoms with Gasteiger partial charge in [-0.3, -0.25) is 9.36 Å². The van der Waals surface area contributed by atoms with Crippen LogP contribution in [0.25, 0.3) is 17.1 Å². The second kappa shape index (κ2) is 13.0. The van der Waals surface area contributed by atoms with Gasteiger partial charge in [-0.05, 0) is 86.1 Å². The number of phenolic OH excluding ortho intramolecular Hbond substituents is 1. The zero-order valence-corrected chi connectivity index (χ0v) is 22.4. The maximum absolute atomic E-state index is 12.5. The normalized spacial score (nSPS) is 11.0. The molecule has 38 heavy (non-hydrogen) atoms. The predicted molar refractivity (Wildman–Crippen MR) is 149 cm³/mol. The second-order valence-electron chi connectivity index (χ2n) is 7.82. The Bertz CT molecular complexity index is 1410. The van der Waals surface area contributed by atoms with Crippen LogP contribution in [0.1, 0.15) is 19.4 Å². The number of halogens is 1. The molecule has 4 rings (SSSR count). The van der Waals surface area contributed by atoms with Crippen LogP contribution in [-0.4, -0.2) is 51.0 Å². The van der Waals surface area contributed by atoms with Crippen LogP contribution in [0.5, 0.6) is 17.2 Å². The van der Waals surface area contributed by atoms with E-state index in [1.165, 1.54) is 24.0 Å². The number of thioether (sulfide) groups is 1. The van der Waals surface area contributed by atoms with Crippen LogP contribution >= 0.6 is 23.4 Å². The highest BCUT2D eigenvalue weighted by molar-refractivity contribution is 7.99. The van der Waals surface area contributed by atoms with Gasteiger partial charge < -0.3 is 14.6 Å². The van der Waals surface area contributed by atoms with Gasteiger partial charge in [-0.1, -0.05) is 23.4 Å². The van der Waals surface area contributed by atoms with E-state index in [9.17, 15) is 9.90 Å². The lowest BCUT2D eigenvalue weighted by Crippen LogP contribution is -2.20. The van der Waals surface area contributed by atoms with Crippen molar-refractivity contribution in [3.63, 3.8) is 0 Å². The Hall–Kier alpha value is -4.02. The maximum atomic E-state index is 12.5. The van der Waals surface area contributed by atoms with Crippen LogP contribution in [0.3, 0.4) is 0 Å². The lowest BCUT2D eigenvalue weighted by atomic mass is 10.2. The summed E-state index contributed by atoms with van der Waals surface area (Å²) in [5.41, 5.74) is 4.83. The summed E-state index contributed by atoms with van der Waals surface area (Å²) >= 11 is 7.30. The minimum atomic E-state index is -0.315. The predicted octanol–water partition coefficient (Wildman–Crippen LogP) is 5.33. The van der Waals surface area contributed by atoms with E-state index >= 15 is 0 Å². The van der Waals surface area contributed by atoms with Crippen molar-refractivity contribution in [2.24, 2.45) is 5.10 Å². The van der Waals surface area contributed by atoms with Crippen LogP contribution < -0.4 is 14.9 Å². The first-order valence-corrected chi connectivity index (χ1v) is 13.2. The third-order valence-electron chi connectivity index (χ3n) is 5.16. The number of benzene rings is 3. The lowest BCUT2D eigenvalue weighted by molar-refractivity contribution is -0.118. The smallest absolute Gasteiger partial charge is 0.250 e. The Labute approximate surface area is 229 Å². The van der Waals surface area contributed by atoms with Gasteiger partial charge in [0.25, 0.3) is 5.91 Å². The quantitative estimate of drug-likeness (QED) is 0.147. The van der Waals surface area contributed by atoms with Crippen molar-refractivity contribution in [1.29, 1.82) is 0 Å². The summed E-state index contributed by atoms with van der Waals surface area (Å²) in [5.74, 6) is 1.51. The van der Waals surface area contributed by atoms with Gasteiger partial charge in [0.1, 0.15) is 5.75 Å². The third kappa shape index (κ3) is 6.84. The van der Waals surface area contributed by atoms with Gasteiger partial charge in [0, 0.05) is 16.3 Å². The Morgan fingerprint density at radius 1 is 1.05 bits per heavy atom. The van der Waals surface area contributed by atoms with E-state index in [2.05, 4.69) is 20.7 Å². The molecule has 0 bridgehead atoms. The molecule has 0 radical (unpaired) electrons. The largest absolute Gasteiger partial charge is 0.504 e. The molecule has 11 heteroatoms. The molecule has 0 saturated heterocycles. The number of amides is 1.